The number of hydrogen-bond donors (Lipinski definition) is 9. The summed E-state index contributed by atoms with van der Waals surface area (Å²) in [6, 6.07) is -0.937. The summed E-state index contributed by atoms with van der Waals surface area (Å²) < 4.78 is 22.9. The number of ether oxygens (including phenoxy) is 4. The molecule has 0 spiro atoms. The summed E-state index contributed by atoms with van der Waals surface area (Å²) >= 11 is 0. The van der Waals surface area contributed by atoms with E-state index in [1.54, 1.807) is 6.08 Å². The molecule has 14 heteroatoms. The number of allylic oxidation sites excluding steroid dienone is 5. The molecule has 14 nitrogen and oxygen atoms in total. The van der Waals surface area contributed by atoms with Crippen LogP contribution in [0.2, 0.25) is 0 Å². The molecule has 0 saturated carbocycles. The van der Waals surface area contributed by atoms with Crippen LogP contribution in [0, 0.1) is 0 Å². The molecule has 0 aromatic rings. The topological polar surface area (TPSA) is 228 Å². The minimum absolute atomic E-state index is 0.246. The van der Waals surface area contributed by atoms with Gasteiger partial charge in [-0.25, -0.2) is 0 Å². The van der Waals surface area contributed by atoms with E-state index in [1.165, 1.54) is 283 Å². The van der Waals surface area contributed by atoms with Crippen LogP contribution in [0.15, 0.2) is 36.5 Å². The van der Waals surface area contributed by atoms with E-state index < -0.39 is 86.8 Å². The zero-order valence-electron chi connectivity index (χ0n) is 59.3. The van der Waals surface area contributed by atoms with Gasteiger partial charge in [0.2, 0.25) is 5.91 Å². The fourth-order valence-electron chi connectivity index (χ4n) is 13.1. The summed E-state index contributed by atoms with van der Waals surface area (Å²) in [4.78, 5) is 13.3. The molecule has 1 amide bonds. The lowest BCUT2D eigenvalue weighted by atomic mass is 9.97. The molecule has 2 heterocycles. The summed E-state index contributed by atoms with van der Waals surface area (Å²) in [5, 5.41) is 87.5. The predicted molar refractivity (Wildman–Crippen MR) is 378 cm³/mol. The summed E-state index contributed by atoms with van der Waals surface area (Å²) in [5.74, 6) is -0.246. The van der Waals surface area contributed by atoms with Crippen LogP contribution >= 0.6 is 0 Å². The highest BCUT2D eigenvalue weighted by atomic mass is 16.7. The third-order valence-electron chi connectivity index (χ3n) is 19.3. The number of carbonyl (C=O) groups excluding carboxylic acids is 1. The highest BCUT2D eigenvalue weighted by Gasteiger charge is 2.51. The molecule has 2 saturated heterocycles. The van der Waals surface area contributed by atoms with E-state index in [4.69, 9.17) is 18.9 Å². The monoisotopic (exact) mass is 1310 g/mol. The molecule has 2 aliphatic heterocycles. The van der Waals surface area contributed by atoms with Crippen LogP contribution in [-0.4, -0.2) is 140 Å². The summed E-state index contributed by atoms with van der Waals surface area (Å²) in [5.41, 5.74) is 0. The Balaban J connectivity index is 1.58. The van der Waals surface area contributed by atoms with Crippen molar-refractivity contribution in [1.29, 1.82) is 0 Å². The molecule has 0 aliphatic carbocycles. The Morgan fingerprint density at radius 3 is 1.07 bits per heavy atom. The maximum absolute atomic E-state index is 13.3. The van der Waals surface area contributed by atoms with Gasteiger partial charge in [-0.15, -0.1) is 0 Å². The molecule has 0 radical (unpaired) electrons. The van der Waals surface area contributed by atoms with Gasteiger partial charge in [-0.05, 0) is 44.9 Å². The number of aliphatic hydroxyl groups is 8. The number of aliphatic hydroxyl groups excluding tert-OH is 8. The van der Waals surface area contributed by atoms with E-state index in [0.29, 0.717) is 12.8 Å². The average Bonchev–Trinajstić information content (AvgIpc) is 0.832. The molecule has 2 fully saturated rings. The second kappa shape index (κ2) is 62.7. The van der Waals surface area contributed by atoms with Gasteiger partial charge in [0.05, 0.1) is 32.0 Å². The van der Waals surface area contributed by atoms with Gasteiger partial charge >= 0.3 is 0 Å². The van der Waals surface area contributed by atoms with Gasteiger partial charge in [0.25, 0.3) is 0 Å². The predicted octanol–water partition coefficient (Wildman–Crippen LogP) is 17.2. The molecule has 2 aliphatic rings. The Morgan fingerprint density at radius 1 is 0.380 bits per heavy atom. The largest absolute Gasteiger partial charge is 0.394 e. The quantitative estimate of drug-likeness (QED) is 0.0204. The van der Waals surface area contributed by atoms with Crippen LogP contribution < -0.4 is 5.32 Å². The maximum Gasteiger partial charge on any atom is 0.220 e. The van der Waals surface area contributed by atoms with Crippen LogP contribution in [0.1, 0.15) is 361 Å². The highest BCUT2D eigenvalue weighted by molar-refractivity contribution is 5.76. The SMILES string of the molecule is CCCCCCCCCCCC/C=C/CC/C=C/CC/C=C/C(O)C(COC1OC(CO)C(OC2OC(CO)C(O)C(O)C2O)C(O)C1O)NC(=O)CCCCCCCCCCCCCCCCCCCCCCCCCCCCCCCCCCCCCCCC. The van der Waals surface area contributed by atoms with Gasteiger partial charge in [-0.1, -0.05) is 346 Å². The van der Waals surface area contributed by atoms with E-state index in [9.17, 15) is 45.6 Å². The summed E-state index contributed by atoms with van der Waals surface area (Å²) in [7, 11) is 0. The van der Waals surface area contributed by atoms with Gasteiger partial charge in [0, 0.05) is 6.42 Å². The van der Waals surface area contributed by atoms with E-state index in [-0.39, 0.29) is 18.9 Å². The first-order valence-electron chi connectivity index (χ1n) is 39.2. The van der Waals surface area contributed by atoms with Crippen molar-refractivity contribution >= 4 is 5.91 Å². The second-order valence-corrected chi connectivity index (χ2v) is 27.8. The third kappa shape index (κ3) is 45.7. The Labute approximate surface area is 563 Å². The normalized spacial score (nSPS) is 22.8. The van der Waals surface area contributed by atoms with Crippen molar-refractivity contribution in [3.05, 3.63) is 36.5 Å². The summed E-state index contributed by atoms with van der Waals surface area (Å²) in [6.45, 7) is 2.83. The zero-order valence-corrected chi connectivity index (χ0v) is 59.3. The van der Waals surface area contributed by atoms with Crippen molar-refractivity contribution in [2.75, 3.05) is 19.8 Å². The third-order valence-corrected chi connectivity index (χ3v) is 19.3. The minimum atomic E-state index is -1.79. The van der Waals surface area contributed by atoms with E-state index in [1.807, 2.05) is 6.08 Å². The first-order valence-corrected chi connectivity index (χ1v) is 39.2. The molecule has 2 rings (SSSR count). The Bertz CT molecular complexity index is 1680. The Morgan fingerprint density at radius 2 is 0.696 bits per heavy atom. The van der Waals surface area contributed by atoms with Crippen LogP contribution in [0.3, 0.4) is 0 Å². The minimum Gasteiger partial charge on any atom is -0.394 e. The lowest BCUT2D eigenvalue weighted by Crippen LogP contribution is -2.65. The van der Waals surface area contributed by atoms with Gasteiger partial charge in [-0.2, -0.15) is 0 Å². The van der Waals surface area contributed by atoms with Crippen LogP contribution in [0.4, 0.5) is 0 Å². The molecule has 0 aromatic heterocycles. The number of carbonyl (C=O) groups is 1. The zero-order chi connectivity index (χ0) is 66.6. The molecule has 12 unspecified atom stereocenters. The van der Waals surface area contributed by atoms with Crippen molar-refractivity contribution in [3.8, 4) is 0 Å². The molecule has 92 heavy (non-hydrogen) atoms. The van der Waals surface area contributed by atoms with Crippen molar-refractivity contribution in [3.63, 3.8) is 0 Å². The lowest BCUT2D eigenvalue weighted by molar-refractivity contribution is -0.359. The molecular formula is C78H147NO13. The maximum atomic E-state index is 13.3. The highest BCUT2D eigenvalue weighted by Crippen LogP contribution is 2.30. The van der Waals surface area contributed by atoms with Gasteiger partial charge in [0.15, 0.2) is 12.6 Å². The number of nitrogens with one attached hydrogen (secondary N) is 1. The molecule has 542 valence electrons. The number of hydrogen-bond acceptors (Lipinski definition) is 13. The molecule has 0 bridgehead atoms. The molecule has 12 atom stereocenters. The van der Waals surface area contributed by atoms with E-state index in [2.05, 4.69) is 43.5 Å². The standard InChI is InChI=1S/C78H147NO13/c1-3-5-7-9-11-13-15-17-19-21-23-25-26-27-28-29-30-31-32-33-34-35-36-37-38-39-40-41-42-44-46-48-50-52-54-56-58-60-62-70(83)79-66(67(82)61-59-57-55-53-51-49-47-45-43-24-22-20-18-16-14-12-10-8-6-4-2)65-89-77-75(88)73(86)76(69(64-81)91-77)92-78-74(87)72(85)71(84)68(63-80)90-78/h43,45,51,53,59,61,66-69,71-78,80-82,84-88H,3-42,44,46-50,52,54-58,60,62-65H2,1-2H3,(H,79,83)/b45-43+,53-51+,61-59+. The number of unbranched alkanes of at least 4 members (excludes halogenated alkanes) is 49. The van der Waals surface area contributed by atoms with Crippen LogP contribution in [0.5, 0.6) is 0 Å². The van der Waals surface area contributed by atoms with Crippen LogP contribution in [0.25, 0.3) is 0 Å². The number of amides is 1. The van der Waals surface area contributed by atoms with Crippen molar-refractivity contribution in [2.24, 2.45) is 0 Å². The van der Waals surface area contributed by atoms with E-state index >= 15 is 0 Å². The van der Waals surface area contributed by atoms with E-state index in [0.717, 1.165) is 44.9 Å². The van der Waals surface area contributed by atoms with Gasteiger partial charge < -0.3 is 65.1 Å². The fraction of sp³-hybridized carbons (Fsp3) is 0.910. The van der Waals surface area contributed by atoms with Crippen molar-refractivity contribution in [1.82, 2.24) is 5.32 Å². The smallest absolute Gasteiger partial charge is 0.220 e. The first-order chi connectivity index (χ1) is 45.1. The Hall–Kier alpha value is -1.79. The molecule has 0 aromatic carbocycles. The fourth-order valence-corrected chi connectivity index (χ4v) is 13.1. The van der Waals surface area contributed by atoms with Crippen molar-refractivity contribution in [2.45, 2.75) is 434 Å². The summed E-state index contributed by atoms with van der Waals surface area (Å²) in [6.07, 6.45) is 65.3. The molecule has 9 N–H and O–H groups in total. The van der Waals surface area contributed by atoms with Gasteiger partial charge in [0.1, 0.15) is 48.8 Å². The van der Waals surface area contributed by atoms with Crippen LogP contribution in [-0.2, 0) is 23.7 Å². The number of rotatable bonds is 66. The first kappa shape index (κ1) is 86.3. The lowest BCUT2D eigenvalue weighted by Gasteiger charge is -2.46. The van der Waals surface area contributed by atoms with Gasteiger partial charge in [-0.3, -0.25) is 4.79 Å². The average molecular weight is 1310 g/mol. The van der Waals surface area contributed by atoms with Crippen molar-refractivity contribution < 1.29 is 64.6 Å². The Kier molecular flexibility index (Phi) is 58.8. The second-order valence-electron chi connectivity index (χ2n) is 27.8. The molecular weight excluding hydrogens is 1160 g/mol.